The molecule has 3 aromatic rings. The lowest BCUT2D eigenvalue weighted by molar-refractivity contribution is 0.743. The van der Waals surface area contributed by atoms with Crippen molar-refractivity contribution in [3.05, 3.63) is 72.8 Å². The molecule has 2 N–H and O–H groups in total. The minimum atomic E-state index is 0.0355. The second-order valence-electron chi connectivity index (χ2n) is 4.94. The van der Waals surface area contributed by atoms with Gasteiger partial charge in [-0.2, -0.15) is 0 Å². The van der Waals surface area contributed by atoms with Crippen LogP contribution in [0.15, 0.2) is 67.3 Å². The SMILES string of the molecule is C=CCC(N)c1ccc2cc3ccccc3cc2c1. The summed E-state index contributed by atoms with van der Waals surface area (Å²) in [4.78, 5) is 0. The smallest absolute Gasteiger partial charge is 0.0329 e. The molecule has 94 valence electrons. The molecule has 0 fully saturated rings. The Morgan fingerprint density at radius 2 is 1.53 bits per heavy atom. The van der Waals surface area contributed by atoms with Crippen molar-refractivity contribution in [3.63, 3.8) is 0 Å². The maximum absolute atomic E-state index is 6.14. The summed E-state index contributed by atoms with van der Waals surface area (Å²) in [7, 11) is 0. The zero-order valence-electron chi connectivity index (χ0n) is 10.8. The van der Waals surface area contributed by atoms with Crippen molar-refractivity contribution in [3.8, 4) is 0 Å². The number of nitrogens with two attached hydrogens (primary N) is 1. The van der Waals surface area contributed by atoms with Crippen LogP contribution in [0.25, 0.3) is 21.5 Å². The van der Waals surface area contributed by atoms with Crippen LogP contribution in [0.2, 0.25) is 0 Å². The number of rotatable bonds is 3. The molecular formula is C18H17N. The Bertz CT molecular complexity index is 743. The molecule has 1 nitrogen and oxygen atoms in total. The van der Waals surface area contributed by atoms with E-state index in [1.54, 1.807) is 0 Å². The molecule has 1 unspecified atom stereocenters. The van der Waals surface area contributed by atoms with Crippen molar-refractivity contribution in [2.24, 2.45) is 5.73 Å². The van der Waals surface area contributed by atoms with Gasteiger partial charge in [0.25, 0.3) is 0 Å². The first-order valence-corrected chi connectivity index (χ1v) is 6.57. The van der Waals surface area contributed by atoms with E-state index >= 15 is 0 Å². The first-order valence-electron chi connectivity index (χ1n) is 6.57. The van der Waals surface area contributed by atoms with Gasteiger partial charge in [0, 0.05) is 6.04 Å². The third kappa shape index (κ3) is 2.25. The van der Waals surface area contributed by atoms with E-state index in [-0.39, 0.29) is 6.04 Å². The summed E-state index contributed by atoms with van der Waals surface area (Å²) in [5.74, 6) is 0. The lowest BCUT2D eigenvalue weighted by atomic mass is 9.98. The second-order valence-corrected chi connectivity index (χ2v) is 4.94. The Labute approximate surface area is 113 Å². The fourth-order valence-corrected chi connectivity index (χ4v) is 2.50. The molecule has 0 saturated carbocycles. The Morgan fingerprint density at radius 3 is 2.21 bits per heavy atom. The van der Waals surface area contributed by atoms with Crippen LogP contribution < -0.4 is 5.73 Å². The van der Waals surface area contributed by atoms with E-state index in [0.717, 1.165) is 6.42 Å². The van der Waals surface area contributed by atoms with Crippen molar-refractivity contribution in [1.82, 2.24) is 0 Å². The van der Waals surface area contributed by atoms with E-state index in [1.807, 2.05) is 6.08 Å². The highest BCUT2D eigenvalue weighted by atomic mass is 14.6. The molecule has 1 heteroatoms. The van der Waals surface area contributed by atoms with Gasteiger partial charge in [0.15, 0.2) is 0 Å². The molecule has 0 aliphatic heterocycles. The lowest BCUT2D eigenvalue weighted by Crippen LogP contribution is -2.08. The molecule has 0 radical (unpaired) electrons. The van der Waals surface area contributed by atoms with E-state index < -0.39 is 0 Å². The summed E-state index contributed by atoms with van der Waals surface area (Å²) in [6.45, 7) is 3.75. The van der Waals surface area contributed by atoms with E-state index in [1.165, 1.54) is 27.1 Å². The van der Waals surface area contributed by atoms with Crippen LogP contribution in [0.1, 0.15) is 18.0 Å². The average molecular weight is 247 g/mol. The number of hydrogen-bond donors (Lipinski definition) is 1. The van der Waals surface area contributed by atoms with Crippen molar-refractivity contribution >= 4 is 21.5 Å². The predicted molar refractivity (Wildman–Crippen MR) is 83.2 cm³/mol. The first kappa shape index (κ1) is 11.9. The summed E-state index contributed by atoms with van der Waals surface area (Å²) >= 11 is 0. The fraction of sp³-hybridized carbons (Fsp3) is 0.111. The van der Waals surface area contributed by atoms with Crippen LogP contribution in [0.3, 0.4) is 0 Å². The van der Waals surface area contributed by atoms with Crippen LogP contribution in [-0.4, -0.2) is 0 Å². The largest absolute Gasteiger partial charge is 0.324 e. The Morgan fingerprint density at radius 1 is 0.895 bits per heavy atom. The lowest BCUT2D eigenvalue weighted by Gasteiger charge is -2.11. The van der Waals surface area contributed by atoms with Gasteiger partial charge in [-0.15, -0.1) is 6.58 Å². The third-order valence-electron chi connectivity index (χ3n) is 3.58. The highest BCUT2D eigenvalue weighted by molar-refractivity contribution is 5.98. The van der Waals surface area contributed by atoms with Crippen LogP contribution in [-0.2, 0) is 0 Å². The molecule has 0 amide bonds. The van der Waals surface area contributed by atoms with E-state index in [4.69, 9.17) is 5.73 Å². The van der Waals surface area contributed by atoms with Gasteiger partial charge in [-0.3, -0.25) is 0 Å². The molecule has 0 aromatic heterocycles. The number of benzene rings is 3. The van der Waals surface area contributed by atoms with Gasteiger partial charge in [-0.05, 0) is 51.7 Å². The van der Waals surface area contributed by atoms with Crippen LogP contribution in [0, 0.1) is 0 Å². The monoisotopic (exact) mass is 247 g/mol. The van der Waals surface area contributed by atoms with E-state index in [9.17, 15) is 0 Å². The molecule has 19 heavy (non-hydrogen) atoms. The zero-order valence-corrected chi connectivity index (χ0v) is 10.8. The Balaban J connectivity index is 2.16. The average Bonchev–Trinajstić information content (AvgIpc) is 2.44. The van der Waals surface area contributed by atoms with Crippen molar-refractivity contribution in [2.75, 3.05) is 0 Å². The second kappa shape index (κ2) is 4.87. The molecule has 0 spiro atoms. The highest BCUT2D eigenvalue weighted by Gasteiger charge is 2.05. The van der Waals surface area contributed by atoms with Crippen molar-refractivity contribution in [1.29, 1.82) is 0 Å². The Hall–Kier alpha value is -2.12. The van der Waals surface area contributed by atoms with Gasteiger partial charge >= 0.3 is 0 Å². The van der Waals surface area contributed by atoms with Gasteiger partial charge in [-0.25, -0.2) is 0 Å². The standard InChI is InChI=1S/C18H17N/c1-2-5-18(19)16-9-8-15-10-13-6-3-4-7-14(13)11-17(15)12-16/h2-4,6-12,18H,1,5,19H2. The maximum atomic E-state index is 6.14. The molecule has 1 atom stereocenters. The topological polar surface area (TPSA) is 26.0 Å². The maximum Gasteiger partial charge on any atom is 0.0329 e. The molecule has 0 saturated heterocycles. The molecule has 3 rings (SSSR count). The van der Waals surface area contributed by atoms with Gasteiger partial charge in [0.05, 0.1) is 0 Å². The minimum Gasteiger partial charge on any atom is -0.324 e. The highest BCUT2D eigenvalue weighted by Crippen LogP contribution is 2.26. The first-order chi connectivity index (χ1) is 9.28. The van der Waals surface area contributed by atoms with E-state index in [2.05, 4.69) is 61.2 Å². The van der Waals surface area contributed by atoms with Gasteiger partial charge < -0.3 is 5.73 Å². The summed E-state index contributed by atoms with van der Waals surface area (Å²) in [6.07, 6.45) is 2.67. The zero-order chi connectivity index (χ0) is 13.2. The molecule has 0 aliphatic rings. The van der Waals surface area contributed by atoms with Crippen LogP contribution in [0.5, 0.6) is 0 Å². The molecular weight excluding hydrogens is 230 g/mol. The molecule has 0 bridgehead atoms. The van der Waals surface area contributed by atoms with Crippen molar-refractivity contribution < 1.29 is 0 Å². The quantitative estimate of drug-likeness (QED) is 0.532. The third-order valence-corrected chi connectivity index (χ3v) is 3.58. The number of fused-ring (bicyclic) bond motifs is 2. The normalized spacial score (nSPS) is 12.7. The summed E-state index contributed by atoms with van der Waals surface area (Å²) < 4.78 is 0. The Kier molecular flexibility index (Phi) is 3.06. The fourth-order valence-electron chi connectivity index (χ4n) is 2.50. The van der Waals surface area contributed by atoms with Gasteiger partial charge in [-0.1, -0.05) is 42.5 Å². The molecule has 3 aromatic carbocycles. The summed E-state index contributed by atoms with van der Waals surface area (Å²) in [5.41, 5.74) is 7.31. The predicted octanol–water partition coefficient (Wildman–Crippen LogP) is 4.57. The minimum absolute atomic E-state index is 0.0355. The number of hydrogen-bond acceptors (Lipinski definition) is 1. The van der Waals surface area contributed by atoms with Crippen LogP contribution in [0.4, 0.5) is 0 Å². The van der Waals surface area contributed by atoms with Crippen molar-refractivity contribution in [2.45, 2.75) is 12.5 Å². The summed E-state index contributed by atoms with van der Waals surface area (Å²) in [5, 5.41) is 5.05. The van der Waals surface area contributed by atoms with Gasteiger partial charge in [0.2, 0.25) is 0 Å². The van der Waals surface area contributed by atoms with Crippen LogP contribution >= 0.6 is 0 Å². The molecule has 0 aliphatic carbocycles. The van der Waals surface area contributed by atoms with Gasteiger partial charge in [0.1, 0.15) is 0 Å². The molecule has 0 heterocycles. The summed E-state index contributed by atoms with van der Waals surface area (Å²) in [6, 6.07) is 19.4. The van der Waals surface area contributed by atoms with E-state index in [0.29, 0.717) is 0 Å².